The average Bonchev–Trinajstić information content (AvgIpc) is 2.50. The molecule has 112 valence electrons. The predicted molar refractivity (Wildman–Crippen MR) is 85.7 cm³/mol. The fourth-order valence-corrected chi connectivity index (χ4v) is 2.26. The molecule has 0 aromatic heterocycles. The van der Waals surface area contributed by atoms with Gasteiger partial charge in [-0.2, -0.15) is 0 Å². The number of ether oxygens (including phenoxy) is 1. The molecule has 2 N–H and O–H groups in total. The molecule has 4 heteroatoms. The summed E-state index contributed by atoms with van der Waals surface area (Å²) in [5, 5.41) is 0. The van der Waals surface area contributed by atoms with Crippen molar-refractivity contribution in [2.45, 2.75) is 19.8 Å². The smallest absolute Gasteiger partial charge is 0.167 e. The summed E-state index contributed by atoms with van der Waals surface area (Å²) in [6.45, 7) is 2.96. The molecule has 0 unspecified atom stereocenters. The normalized spacial score (nSPS) is 10.4. The third kappa shape index (κ3) is 3.45. The van der Waals surface area contributed by atoms with E-state index in [4.69, 9.17) is 10.5 Å². The number of hydrogen-bond acceptors (Lipinski definition) is 3. The lowest BCUT2D eigenvalue weighted by molar-refractivity contribution is 0.387. The summed E-state index contributed by atoms with van der Waals surface area (Å²) in [5.41, 5.74) is 8.23. The molecule has 0 atom stereocenters. The summed E-state index contributed by atoms with van der Waals surface area (Å²) >= 11 is 0. The van der Waals surface area contributed by atoms with Gasteiger partial charge in [0, 0.05) is 24.4 Å². The van der Waals surface area contributed by atoms with Gasteiger partial charge in [-0.05, 0) is 18.6 Å². The van der Waals surface area contributed by atoms with Crippen LogP contribution in [0.25, 0.3) is 0 Å². The van der Waals surface area contributed by atoms with E-state index in [1.54, 1.807) is 6.07 Å². The maximum Gasteiger partial charge on any atom is 0.167 e. The van der Waals surface area contributed by atoms with Gasteiger partial charge in [0.2, 0.25) is 0 Å². The number of hydrogen-bond donors (Lipinski definition) is 1. The zero-order valence-corrected chi connectivity index (χ0v) is 12.5. The van der Waals surface area contributed by atoms with E-state index in [-0.39, 0.29) is 5.75 Å². The fourth-order valence-electron chi connectivity index (χ4n) is 2.26. The van der Waals surface area contributed by atoms with Crippen LogP contribution in [0.2, 0.25) is 0 Å². The standard InChI is InChI=1S/C17H21FN2O/c1-3-4-10-20(13-8-6-5-7-9-13)16-12-17(21-2)14(18)11-15(16)19/h5-9,11-12H,3-4,10,19H2,1-2H3. The quantitative estimate of drug-likeness (QED) is 0.803. The van der Waals surface area contributed by atoms with Crippen molar-refractivity contribution in [3.8, 4) is 5.75 Å². The van der Waals surface area contributed by atoms with Crippen LogP contribution < -0.4 is 15.4 Å². The Morgan fingerprint density at radius 3 is 2.52 bits per heavy atom. The Hall–Kier alpha value is -2.23. The molecule has 0 saturated carbocycles. The highest BCUT2D eigenvalue weighted by Crippen LogP contribution is 2.35. The molecule has 0 saturated heterocycles. The third-order valence-electron chi connectivity index (χ3n) is 3.40. The second-order valence-electron chi connectivity index (χ2n) is 4.89. The number of benzene rings is 2. The summed E-state index contributed by atoms with van der Waals surface area (Å²) in [6, 6.07) is 12.9. The van der Waals surface area contributed by atoms with Gasteiger partial charge in [-0.15, -0.1) is 0 Å². The molecule has 0 bridgehead atoms. The Labute approximate surface area is 125 Å². The van der Waals surface area contributed by atoms with E-state index in [1.165, 1.54) is 13.2 Å². The summed E-state index contributed by atoms with van der Waals surface area (Å²) in [6.07, 6.45) is 2.09. The summed E-state index contributed by atoms with van der Waals surface area (Å²) in [7, 11) is 1.46. The molecule has 2 rings (SSSR count). The van der Waals surface area contributed by atoms with Crippen LogP contribution in [-0.4, -0.2) is 13.7 Å². The average molecular weight is 288 g/mol. The molecule has 0 heterocycles. The van der Waals surface area contributed by atoms with Gasteiger partial charge in [0.1, 0.15) is 0 Å². The molecule has 0 aliphatic rings. The third-order valence-corrected chi connectivity index (χ3v) is 3.40. The van der Waals surface area contributed by atoms with E-state index in [0.717, 1.165) is 30.8 Å². The molecule has 3 nitrogen and oxygen atoms in total. The van der Waals surface area contributed by atoms with Gasteiger partial charge in [-0.3, -0.25) is 0 Å². The topological polar surface area (TPSA) is 38.5 Å². The Kier molecular flexibility index (Phi) is 5.04. The van der Waals surface area contributed by atoms with Crippen molar-refractivity contribution in [3.05, 3.63) is 48.3 Å². The van der Waals surface area contributed by atoms with E-state index in [2.05, 4.69) is 11.8 Å². The van der Waals surface area contributed by atoms with Gasteiger partial charge in [-0.25, -0.2) is 4.39 Å². The molecule has 0 aliphatic heterocycles. The molecule has 0 aliphatic carbocycles. The summed E-state index contributed by atoms with van der Waals surface area (Å²) < 4.78 is 18.8. The van der Waals surface area contributed by atoms with Crippen molar-refractivity contribution in [2.75, 3.05) is 24.3 Å². The first-order valence-corrected chi connectivity index (χ1v) is 7.13. The fraction of sp³-hybridized carbons (Fsp3) is 0.294. The highest BCUT2D eigenvalue weighted by atomic mass is 19.1. The molecular weight excluding hydrogens is 267 g/mol. The van der Waals surface area contributed by atoms with Crippen molar-refractivity contribution in [3.63, 3.8) is 0 Å². The number of methoxy groups -OCH3 is 1. The monoisotopic (exact) mass is 288 g/mol. The van der Waals surface area contributed by atoms with Crippen molar-refractivity contribution in [1.82, 2.24) is 0 Å². The Morgan fingerprint density at radius 1 is 1.19 bits per heavy atom. The van der Waals surface area contributed by atoms with Crippen LogP contribution in [0.4, 0.5) is 21.5 Å². The van der Waals surface area contributed by atoms with Crippen LogP contribution in [0, 0.1) is 5.82 Å². The second-order valence-corrected chi connectivity index (χ2v) is 4.89. The highest BCUT2D eigenvalue weighted by molar-refractivity contribution is 5.76. The Balaban J connectivity index is 2.46. The van der Waals surface area contributed by atoms with Gasteiger partial charge in [-0.1, -0.05) is 31.5 Å². The van der Waals surface area contributed by atoms with Gasteiger partial charge in [0.25, 0.3) is 0 Å². The molecular formula is C17H21FN2O. The number of halogens is 1. The Bertz CT molecular complexity index is 587. The van der Waals surface area contributed by atoms with Crippen LogP contribution in [-0.2, 0) is 0 Å². The van der Waals surface area contributed by atoms with Crippen LogP contribution in [0.3, 0.4) is 0 Å². The van der Waals surface area contributed by atoms with E-state index < -0.39 is 5.82 Å². The van der Waals surface area contributed by atoms with E-state index in [0.29, 0.717) is 5.69 Å². The van der Waals surface area contributed by atoms with Gasteiger partial charge in [0.15, 0.2) is 11.6 Å². The molecule has 0 spiro atoms. The number of anilines is 3. The number of nitrogens with zero attached hydrogens (tertiary/aromatic N) is 1. The first-order chi connectivity index (χ1) is 10.2. The minimum absolute atomic E-state index is 0.205. The van der Waals surface area contributed by atoms with Crippen LogP contribution in [0.5, 0.6) is 5.75 Å². The number of unbranched alkanes of at least 4 members (excludes halogenated alkanes) is 1. The maximum atomic E-state index is 13.7. The van der Waals surface area contributed by atoms with Crippen LogP contribution in [0.1, 0.15) is 19.8 Å². The maximum absolute atomic E-state index is 13.7. The van der Waals surface area contributed by atoms with Crippen molar-refractivity contribution < 1.29 is 9.13 Å². The minimum Gasteiger partial charge on any atom is -0.494 e. The van der Waals surface area contributed by atoms with Crippen LogP contribution >= 0.6 is 0 Å². The molecule has 2 aromatic carbocycles. The number of para-hydroxylation sites is 1. The highest BCUT2D eigenvalue weighted by Gasteiger charge is 2.15. The lowest BCUT2D eigenvalue weighted by atomic mass is 10.1. The molecule has 0 fully saturated rings. The molecule has 2 aromatic rings. The van der Waals surface area contributed by atoms with E-state index in [9.17, 15) is 4.39 Å². The predicted octanol–water partition coefficient (Wildman–Crippen LogP) is 4.35. The van der Waals surface area contributed by atoms with Gasteiger partial charge >= 0.3 is 0 Å². The zero-order valence-electron chi connectivity index (χ0n) is 12.5. The summed E-state index contributed by atoms with van der Waals surface area (Å²) in [5.74, 6) is -0.237. The molecule has 0 radical (unpaired) electrons. The molecule has 0 amide bonds. The first-order valence-electron chi connectivity index (χ1n) is 7.13. The first kappa shape index (κ1) is 15.2. The van der Waals surface area contributed by atoms with E-state index >= 15 is 0 Å². The van der Waals surface area contributed by atoms with Crippen molar-refractivity contribution >= 4 is 17.1 Å². The number of nitrogen functional groups attached to an aromatic ring is 1. The molecule has 21 heavy (non-hydrogen) atoms. The minimum atomic E-state index is -0.442. The Morgan fingerprint density at radius 2 is 1.90 bits per heavy atom. The SMILES string of the molecule is CCCCN(c1ccccc1)c1cc(OC)c(F)cc1N. The van der Waals surface area contributed by atoms with Gasteiger partial charge in [0.05, 0.1) is 18.5 Å². The number of rotatable bonds is 6. The van der Waals surface area contributed by atoms with Gasteiger partial charge < -0.3 is 15.4 Å². The van der Waals surface area contributed by atoms with E-state index in [1.807, 2.05) is 30.3 Å². The van der Waals surface area contributed by atoms with Crippen LogP contribution in [0.15, 0.2) is 42.5 Å². The van der Waals surface area contributed by atoms with Crippen molar-refractivity contribution in [1.29, 1.82) is 0 Å². The zero-order chi connectivity index (χ0) is 15.2. The van der Waals surface area contributed by atoms with Crippen molar-refractivity contribution in [2.24, 2.45) is 0 Å². The largest absolute Gasteiger partial charge is 0.494 e. The lowest BCUT2D eigenvalue weighted by Gasteiger charge is -2.26. The second kappa shape index (κ2) is 6.97. The lowest BCUT2D eigenvalue weighted by Crippen LogP contribution is -2.19. The summed E-state index contributed by atoms with van der Waals surface area (Å²) in [4.78, 5) is 2.10. The number of nitrogens with two attached hydrogens (primary N) is 1.